The van der Waals surface area contributed by atoms with Crippen molar-refractivity contribution in [2.45, 2.75) is 11.9 Å². The van der Waals surface area contributed by atoms with Crippen molar-refractivity contribution in [2.24, 2.45) is 0 Å². The van der Waals surface area contributed by atoms with E-state index in [4.69, 9.17) is 0 Å². The van der Waals surface area contributed by atoms with E-state index in [1.165, 1.54) is 6.20 Å². The third-order valence-corrected chi connectivity index (χ3v) is 4.36. The van der Waals surface area contributed by atoms with Crippen LogP contribution >= 0.6 is 15.9 Å². The number of pyridine rings is 1. The van der Waals surface area contributed by atoms with Crippen molar-refractivity contribution >= 4 is 37.3 Å². The molecule has 0 aliphatic carbocycles. The maximum atomic E-state index is 12.4. The number of hydrogen-bond donors (Lipinski definition) is 2. The van der Waals surface area contributed by atoms with Gasteiger partial charge in [-0.3, -0.25) is 4.72 Å². The second-order valence-electron chi connectivity index (χ2n) is 4.00. The molecule has 2 rings (SSSR count). The molecule has 5 nitrogen and oxygen atoms in total. The number of hydrogen-bond acceptors (Lipinski definition) is 4. The van der Waals surface area contributed by atoms with Crippen molar-refractivity contribution in [1.29, 1.82) is 0 Å². The van der Waals surface area contributed by atoms with Crippen LogP contribution in [0.5, 0.6) is 0 Å². The minimum absolute atomic E-state index is 0.00947. The number of aromatic nitrogens is 1. The van der Waals surface area contributed by atoms with Gasteiger partial charge in [-0.2, -0.15) is 8.42 Å². The van der Waals surface area contributed by atoms with E-state index in [0.29, 0.717) is 17.9 Å². The van der Waals surface area contributed by atoms with Gasteiger partial charge in [0.2, 0.25) is 0 Å². The highest BCUT2D eigenvalue weighted by Gasteiger charge is 2.19. The zero-order chi connectivity index (χ0) is 14.6. The van der Waals surface area contributed by atoms with E-state index in [2.05, 4.69) is 31.0 Å². The summed E-state index contributed by atoms with van der Waals surface area (Å²) in [6.07, 6.45) is 1.46. The predicted molar refractivity (Wildman–Crippen MR) is 83.4 cm³/mol. The lowest BCUT2D eigenvalue weighted by atomic mass is 10.3. The van der Waals surface area contributed by atoms with E-state index in [-0.39, 0.29) is 5.03 Å². The van der Waals surface area contributed by atoms with Gasteiger partial charge in [-0.15, -0.1) is 0 Å². The molecule has 20 heavy (non-hydrogen) atoms. The first-order valence-corrected chi connectivity index (χ1v) is 8.28. The molecule has 0 spiro atoms. The van der Waals surface area contributed by atoms with Gasteiger partial charge in [0.1, 0.15) is 0 Å². The number of benzene rings is 1. The van der Waals surface area contributed by atoms with Gasteiger partial charge in [0.25, 0.3) is 10.0 Å². The molecule has 0 aliphatic rings. The molecule has 0 atom stereocenters. The molecule has 1 aromatic heterocycles. The highest BCUT2D eigenvalue weighted by molar-refractivity contribution is 9.10. The maximum absolute atomic E-state index is 12.4. The van der Waals surface area contributed by atoms with Gasteiger partial charge >= 0.3 is 0 Å². The summed E-state index contributed by atoms with van der Waals surface area (Å²) in [6.45, 7) is 2.51. The van der Waals surface area contributed by atoms with Crippen molar-refractivity contribution in [3.8, 4) is 0 Å². The molecule has 1 aromatic carbocycles. The number of rotatable bonds is 5. The van der Waals surface area contributed by atoms with E-state index in [9.17, 15) is 8.42 Å². The number of anilines is 2. The topological polar surface area (TPSA) is 71.1 Å². The smallest absolute Gasteiger partial charge is 0.281 e. The lowest BCUT2D eigenvalue weighted by Crippen LogP contribution is -2.16. The Balaban J connectivity index is 2.33. The molecule has 106 valence electrons. The zero-order valence-corrected chi connectivity index (χ0v) is 13.2. The Hall–Kier alpha value is -1.60. The standard InChI is InChI=1S/C13H14BrN3O2S/c1-2-15-12-4-3-9-16-13(12)20(18,19)17-11-7-5-10(14)6-8-11/h3-9,15,17H,2H2,1H3. The minimum atomic E-state index is -3.72. The molecular formula is C13H14BrN3O2S. The van der Waals surface area contributed by atoms with Gasteiger partial charge in [0.15, 0.2) is 5.03 Å². The third-order valence-electron chi connectivity index (χ3n) is 2.49. The fraction of sp³-hybridized carbons (Fsp3) is 0.154. The van der Waals surface area contributed by atoms with Gasteiger partial charge in [0.05, 0.1) is 5.69 Å². The van der Waals surface area contributed by atoms with Crippen LogP contribution in [0.3, 0.4) is 0 Å². The number of nitrogens with one attached hydrogen (secondary N) is 2. The van der Waals surface area contributed by atoms with Crippen LogP contribution < -0.4 is 10.0 Å². The van der Waals surface area contributed by atoms with Crippen LogP contribution in [0.15, 0.2) is 52.1 Å². The Morgan fingerprint density at radius 1 is 1.20 bits per heavy atom. The molecule has 0 saturated carbocycles. The predicted octanol–water partition coefficient (Wildman–Crippen LogP) is 3.08. The van der Waals surface area contributed by atoms with Crippen molar-refractivity contribution in [1.82, 2.24) is 4.98 Å². The van der Waals surface area contributed by atoms with Crippen LogP contribution in [-0.2, 0) is 10.0 Å². The molecular weight excluding hydrogens is 342 g/mol. The number of nitrogens with zero attached hydrogens (tertiary/aromatic N) is 1. The van der Waals surface area contributed by atoms with Gasteiger partial charge in [-0.25, -0.2) is 4.98 Å². The van der Waals surface area contributed by atoms with Gasteiger partial charge < -0.3 is 5.32 Å². The first-order valence-electron chi connectivity index (χ1n) is 6.00. The lowest BCUT2D eigenvalue weighted by Gasteiger charge is -2.11. The molecule has 2 N–H and O–H groups in total. The molecule has 0 saturated heterocycles. The molecule has 0 fully saturated rings. The van der Waals surface area contributed by atoms with Crippen LogP contribution in [-0.4, -0.2) is 19.9 Å². The summed E-state index contributed by atoms with van der Waals surface area (Å²) >= 11 is 3.30. The van der Waals surface area contributed by atoms with Crippen LogP contribution in [0.1, 0.15) is 6.92 Å². The molecule has 7 heteroatoms. The summed E-state index contributed by atoms with van der Waals surface area (Å²) in [6, 6.07) is 10.3. The highest BCUT2D eigenvalue weighted by Crippen LogP contribution is 2.22. The number of sulfonamides is 1. The monoisotopic (exact) mass is 355 g/mol. The molecule has 0 aliphatic heterocycles. The Morgan fingerprint density at radius 3 is 2.55 bits per heavy atom. The van der Waals surface area contributed by atoms with E-state index in [0.717, 1.165) is 4.47 Å². The van der Waals surface area contributed by atoms with E-state index < -0.39 is 10.0 Å². The van der Waals surface area contributed by atoms with Crippen molar-refractivity contribution in [3.63, 3.8) is 0 Å². The van der Waals surface area contributed by atoms with Gasteiger partial charge in [0, 0.05) is 22.9 Å². The van der Waals surface area contributed by atoms with E-state index >= 15 is 0 Å². The van der Waals surface area contributed by atoms with Crippen LogP contribution in [0, 0.1) is 0 Å². The third kappa shape index (κ3) is 3.49. The summed E-state index contributed by atoms with van der Waals surface area (Å²) in [4.78, 5) is 3.96. The van der Waals surface area contributed by atoms with Crippen LogP contribution in [0.25, 0.3) is 0 Å². The molecule has 1 heterocycles. The summed E-state index contributed by atoms with van der Waals surface area (Å²) in [5.74, 6) is 0. The SMILES string of the molecule is CCNc1cccnc1S(=O)(=O)Nc1ccc(Br)cc1. The Kier molecular flexibility index (Phi) is 4.61. The Morgan fingerprint density at radius 2 is 1.90 bits per heavy atom. The largest absolute Gasteiger partial charge is 0.383 e. The summed E-state index contributed by atoms with van der Waals surface area (Å²) in [5.41, 5.74) is 0.973. The molecule has 0 unspecified atom stereocenters. The fourth-order valence-corrected chi connectivity index (χ4v) is 3.09. The van der Waals surface area contributed by atoms with E-state index in [1.54, 1.807) is 36.4 Å². The lowest BCUT2D eigenvalue weighted by molar-refractivity contribution is 0.598. The van der Waals surface area contributed by atoms with Crippen molar-refractivity contribution in [2.75, 3.05) is 16.6 Å². The second kappa shape index (κ2) is 6.23. The summed E-state index contributed by atoms with van der Waals surface area (Å²) in [7, 11) is -3.72. The average Bonchev–Trinajstić information content (AvgIpc) is 2.42. The highest BCUT2D eigenvalue weighted by atomic mass is 79.9. The van der Waals surface area contributed by atoms with Crippen LogP contribution in [0.2, 0.25) is 0 Å². The number of halogens is 1. The molecule has 0 amide bonds. The first kappa shape index (κ1) is 14.8. The Bertz CT molecular complexity index is 687. The maximum Gasteiger partial charge on any atom is 0.281 e. The van der Waals surface area contributed by atoms with Crippen molar-refractivity contribution < 1.29 is 8.42 Å². The second-order valence-corrected chi connectivity index (χ2v) is 6.51. The zero-order valence-electron chi connectivity index (χ0n) is 10.8. The van der Waals surface area contributed by atoms with Crippen molar-refractivity contribution in [3.05, 3.63) is 47.1 Å². The average molecular weight is 356 g/mol. The Labute approximate surface area is 126 Å². The molecule has 0 bridgehead atoms. The molecule has 0 radical (unpaired) electrons. The first-order chi connectivity index (χ1) is 9.53. The van der Waals surface area contributed by atoms with E-state index in [1.807, 2.05) is 6.92 Å². The summed E-state index contributed by atoms with van der Waals surface area (Å²) in [5, 5.41) is 2.98. The normalized spacial score (nSPS) is 11.1. The minimum Gasteiger partial charge on any atom is -0.383 e. The van der Waals surface area contributed by atoms with Gasteiger partial charge in [-0.1, -0.05) is 15.9 Å². The fourth-order valence-electron chi connectivity index (χ4n) is 1.65. The quantitative estimate of drug-likeness (QED) is 0.864. The van der Waals surface area contributed by atoms with Gasteiger partial charge in [-0.05, 0) is 43.3 Å². The molecule has 2 aromatic rings. The van der Waals surface area contributed by atoms with Crippen LogP contribution in [0.4, 0.5) is 11.4 Å². The summed E-state index contributed by atoms with van der Waals surface area (Å²) < 4.78 is 28.1.